The van der Waals surface area contributed by atoms with Gasteiger partial charge in [-0.05, 0) is 44.7 Å². The van der Waals surface area contributed by atoms with Crippen molar-refractivity contribution in [2.45, 2.75) is 50.6 Å². The van der Waals surface area contributed by atoms with E-state index in [2.05, 4.69) is 36.6 Å². The second kappa shape index (κ2) is 5.68. The Morgan fingerprint density at radius 1 is 1.43 bits per heavy atom. The Morgan fingerprint density at radius 3 is 3.00 bits per heavy atom. The van der Waals surface area contributed by atoms with Gasteiger partial charge >= 0.3 is 0 Å². The van der Waals surface area contributed by atoms with Gasteiger partial charge in [-0.2, -0.15) is 0 Å². The molecule has 3 unspecified atom stereocenters. The van der Waals surface area contributed by atoms with Gasteiger partial charge in [0.05, 0.1) is 18.1 Å². The van der Waals surface area contributed by atoms with Crippen LogP contribution in [0.3, 0.4) is 0 Å². The van der Waals surface area contributed by atoms with Crippen LogP contribution in [0.2, 0.25) is 0 Å². The van der Waals surface area contributed by atoms with Gasteiger partial charge in [0.2, 0.25) is 5.91 Å². The van der Waals surface area contributed by atoms with Crippen molar-refractivity contribution in [3.8, 4) is 0 Å². The van der Waals surface area contributed by atoms with Crippen LogP contribution in [-0.2, 0) is 9.53 Å². The molecule has 2 N–H and O–H groups in total. The van der Waals surface area contributed by atoms with E-state index in [1.807, 2.05) is 12.1 Å². The van der Waals surface area contributed by atoms with Crippen molar-refractivity contribution in [1.82, 2.24) is 5.32 Å². The van der Waals surface area contributed by atoms with Crippen molar-refractivity contribution in [2.75, 3.05) is 18.5 Å². The van der Waals surface area contributed by atoms with Crippen molar-refractivity contribution in [3.05, 3.63) is 29.8 Å². The quantitative estimate of drug-likeness (QED) is 0.879. The minimum Gasteiger partial charge on any atom is -0.382 e. The number of benzene rings is 1. The lowest BCUT2D eigenvalue weighted by molar-refractivity contribution is -0.126. The molecule has 1 amide bonds. The van der Waals surface area contributed by atoms with E-state index < -0.39 is 0 Å². The van der Waals surface area contributed by atoms with E-state index in [1.54, 1.807) is 0 Å². The molecule has 2 aliphatic rings. The van der Waals surface area contributed by atoms with Crippen LogP contribution in [0.4, 0.5) is 5.69 Å². The fourth-order valence-electron chi connectivity index (χ4n) is 3.40. The average Bonchev–Trinajstić information content (AvgIpc) is 2.46. The van der Waals surface area contributed by atoms with Crippen LogP contribution in [0.25, 0.3) is 0 Å². The van der Waals surface area contributed by atoms with Gasteiger partial charge in [0, 0.05) is 18.3 Å². The molecule has 0 spiro atoms. The molecule has 4 nitrogen and oxygen atoms in total. The summed E-state index contributed by atoms with van der Waals surface area (Å²) in [5, 5.41) is 6.69. The maximum atomic E-state index is 12.8. The molecule has 0 bridgehead atoms. The number of carbonyl (C=O) groups excluding carboxylic acids is 1. The lowest BCUT2D eigenvalue weighted by Crippen LogP contribution is -2.53. The number of hydrogen-bond donors (Lipinski definition) is 2. The van der Waals surface area contributed by atoms with Crippen LogP contribution in [0.1, 0.15) is 44.6 Å². The maximum absolute atomic E-state index is 12.8. The molecule has 0 saturated carbocycles. The molecule has 3 atom stereocenters. The first-order valence-corrected chi connectivity index (χ1v) is 7.83. The number of hydrogen-bond acceptors (Lipinski definition) is 3. The molecule has 0 aliphatic carbocycles. The topological polar surface area (TPSA) is 50.4 Å². The van der Waals surface area contributed by atoms with E-state index in [9.17, 15) is 4.79 Å². The molecule has 4 heteroatoms. The van der Waals surface area contributed by atoms with E-state index in [4.69, 9.17) is 4.74 Å². The van der Waals surface area contributed by atoms with E-state index in [0.29, 0.717) is 12.6 Å². The smallest absolute Gasteiger partial charge is 0.228 e. The lowest BCUT2D eigenvalue weighted by atomic mass is 9.85. The fraction of sp³-hybridized carbons (Fsp3) is 0.588. The third-order valence-electron chi connectivity index (χ3n) is 4.51. The highest BCUT2D eigenvalue weighted by Crippen LogP contribution is 2.34. The zero-order valence-corrected chi connectivity index (χ0v) is 12.8. The average molecular weight is 288 g/mol. The van der Waals surface area contributed by atoms with Crippen LogP contribution >= 0.6 is 0 Å². The number of carbonyl (C=O) groups is 1. The van der Waals surface area contributed by atoms with Crippen LogP contribution in [-0.4, -0.2) is 30.7 Å². The molecule has 3 rings (SSSR count). The van der Waals surface area contributed by atoms with Crippen LogP contribution in [0, 0.1) is 0 Å². The Morgan fingerprint density at radius 2 is 2.24 bits per heavy atom. The van der Waals surface area contributed by atoms with Gasteiger partial charge in [-0.25, -0.2) is 0 Å². The monoisotopic (exact) mass is 288 g/mol. The fourth-order valence-corrected chi connectivity index (χ4v) is 3.40. The normalized spacial score (nSPS) is 31.9. The number of para-hydroxylation sites is 1. The lowest BCUT2D eigenvalue weighted by Gasteiger charge is -2.37. The zero-order chi connectivity index (χ0) is 14.9. The standard InChI is InChI=1S/C17H24N2O2/c1-12-10-14(13-6-3-4-7-15(13)18-12)16(20)19-17(2)8-5-9-21-11-17/h3-4,6-7,12,14,18H,5,8-11H2,1-2H3,(H,19,20). The van der Waals surface area contributed by atoms with Crippen LogP contribution < -0.4 is 10.6 Å². The molecule has 2 heterocycles. The van der Waals surface area contributed by atoms with Gasteiger partial charge in [-0.15, -0.1) is 0 Å². The van der Waals surface area contributed by atoms with Crippen molar-refractivity contribution < 1.29 is 9.53 Å². The summed E-state index contributed by atoms with van der Waals surface area (Å²) < 4.78 is 5.54. The molecular weight excluding hydrogens is 264 g/mol. The van der Waals surface area contributed by atoms with E-state index >= 15 is 0 Å². The highest BCUT2D eigenvalue weighted by molar-refractivity contribution is 5.87. The molecule has 1 aromatic carbocycles. The van der Waals surface area contributed by atoms with Gasteiger partial charge < -0.3 is 15.4 Å². The van der Waals surface area contributed by atoms with Gasteiger partial charge in [0.25, 0.3) is 0 Å². The predicted octanol–water partition coefficient (Wildman–Crippen LogP) is 2.66. The Balaban J connectivity index is 1.78. The van der Waals surface area contributed by atoms with Crippen molar-refractivity contribution in [2.24, 2.45) is 0 Å². The van der Waals surface area contributed by atoms with Crippen LogP contribution in [0.5, 0.6) is 0 Å². The van der Waals surface area contributed by atoms with Gasteiger partial charge in [0.15, 0.2) is 0 Å². The molecule has 21 heavy (non-hydrogen) atoms. The molecule has 1 aromatic rings. The van der Waals surface area contributed by atoms with Gasteiger partial charge in [0.1, 0.15) is 0 Å². The van der Waals surface area contributed by atoms with E-state index in [-0.39, 0.29) is 17.4 Å². The number of anilines is 1. The summed E-state index contributed by atoms with van der Waals surface area (Å²) in [6.07, 6.45) is 2.83. The second-order valence-corrected chi connectivity index (χ2v) is 6.63. The molecule has 1 saturated heterocycles. The molecule has 114 valence electrons. The summed E-state index contributed by atoms with van der Waals surface area (Å²) in [7, 11) is 0. The van der Waals surface area contributed by atoms with Gasteiger partial charge in [-0.3, -0.25) is 4.79 Å². The molecular formula is C17H24N2O2. The Hall–Kier alpha value is -1.55. The first kappa shape index (κ1) is 14.4. The number of fused-ring (bicyclic) bond motifs is 1. The molecule has 2 aliphatic heterocycles. The first-order valence-electron chi connectivity index (χ1n) is 7.83. The Kier molecular flexibility index (Phi) is 3.89. The number of ether oxygens (including phenoxy) is 1. The molecule has 0 aromatic heterocycles. The third-order valence-corrected chi connectivity index (χ3v) is 4.51. The zero-order valence-electron chi connectivity index (χ0n) is 12.8. The SMILES string of the molecule is CC1CC(C(=O)NC2(C)CCCOC2)c2ccccc2N1. The minimum atomic E-state index is -0.224. The maximum Gasteiger partial charge on any atom is 0.228 e. The van der Waals surface area contributed by atoms with Crippen molar-refractivity contribution in [3.63, 3.8) is 0 Å². The Bertz CT molecular complexity index is 523. The summed E-state index contributed by atoms with van der Waals surface area (Å²) in [6, 6.07) is 8.43. The third kappa shape index (κ3) is 3.05. The van der Waals surface area contributed by atoms with E-state index in [0.717, 1.165) is 37.1 Å². The highest BCUT2D eigenvalue weighted by atomic mass is 16.5. The summed E-state index contributed by atoms with van der Waals surface area (Å²) in [6.45, 7) is 5.63. The highest BCUT2D eigenvalue weighted by Gasteiger charge is 2.35. The largest absolute Gasteiger partial charge is 0.382 e. The molecule has 0 radical (unpaired) electrons. The predicted molar refractivity (Wildman–Crippen MR) is 83.5 cm³/mol. The van der Waals surface area contributed by atoms with Gasteiger partial charge in [-0.1, -0.05) is 18.2 Å². The summed E-state index contributed by atoms with van der Waals surface area (Å²) in [4.78, 5) is 12.8. The van der Waals surface area contributed by atoms with E-state index in [1.165, 1.54) is 0 Å². The minimum absolute atomic E-state index is 0.0730. The second-order valence-electron chi connectivity index (χ2n) is 6.63. The van der Waals surface area contributed by atoms with Crippen molar-refractivity contribution >= 4 is 11.6 Å². The number of rotatable bonds is 2. The number of nitrogens with one attached hydrogen (secondary N) is 2. The Labute approximate surface area is 126 Å². The van der Waals surface area contributed by atoms with Crippen molar-refractivity contribution in [1.29, 1.82) is 0 Å². The summed E-state index contributed by atoms with van der Waals surface area (Å²) in [5.74, 6) is 0.0556. The summed E-state index contributed by atoms with van der Waals surface area (Å²) in [5.41, 5.74) is 1.97. The first-order chi connectivity index (χ1) is 10.1. The summed E-state index contributed by atoms with van der Waals surface area (Å²) >= 11 is 0. The molecule has 1 fully saturated rings. The number of amides is 1. The van der Waals surface area contributed by atoms with Crippen LogP contribution in [0.15, 0.2) is 24.3 Å².